The highest BCUT2D eigenvalue weighted by molar-refractivity contribution is 7.89. The van der Waals surface area contributed by atoms with Crippen LogP contribution in [0.2, 0.25) is 5.02 Å². The first-order chi connectivity index (χ1) is 12.5. The van der Waals surface area contributed by atoms with Crippen molar-refractivity contribution in [2.24, 2.45) is 0 Å². The second-order valence-corrected chi connectivity index (χ2v) is 8.13. The van der Waals surface area contributed by atoms with Crippen molar-refractivity contribution < 1.29 is 22.6 Å². The minimum absolute atomic E-state index is 0.0582. The molecule has 1 aliphatic rings. The first kappa shape index (κ1) is 19.0. The summed E-state index contributed by atoms with van der Waals surface area (Å²) in [6.07, 6.45) is -0.352. The average molecular weight is 398 g/mol. The second kappa shape index (κ2) is 7.84. The standard InChI is InChI=1S/C18H20ClNO5S/c1-23-15-6-3-13(4-7-15)17-12-20(9-10-25-17)26(21,22)18-11-14(19)5-8-16(18)24-2/h3-8,11,17H,9-10,12H2,1-2H3. The molecule has 0 aromatic heterocycles. The Hall–Kier alpha value is -1.80. The Kier molecular flexibility index (Phi) is 5.72. The molecule has 26 heavy (non-hydrogen) atoms. The predicted octanol–water partition coefficient (Wildman–Crippen LogP) is 3.12. The Balaban J connectivity index is 1.87. The van der Waals surface area contributed by atoms with E-state index in [4.69, 9.17) is 25.8 Å². The first-order valence-corrected chi connectivity index (χ1v) is 9.86. The number of hydrogen-bond acceptors (Lipinski definition) is 5. The molecule has 0 bridgehead atoms. The van der Waals surface area contributed by atoms with Crippen LogP contribution in [-0.2, 0) is 14.8 Å². The number of ether oxygens (including phenoxy) is 3. The fourth-order valence-corrected chi connectivity index (χ4v) is 4.70. The lowest BCUT2D eigenvalue weighted by atomic mass is 10.1. The van der Waals surface area contributed by atoms with Crippen LogP contribution in [-0.4, -0.2) is 46.6 Å². The lowest BCUT2D eigenvalue weighted by molar-refractivity contribution is -0.00260. The normalized spacial score (nSPS) is 18.5. The van der Waals surface area contributed by atoms with E-state index >= 15 is 0 Å². The van der Waals surface area contributed by atoms with Gasteiger partial charge in [-0.25, -0.2) is 8.42 Å². The van der Waals surface area contributed by atoms with Crippen LogP contribution in [0.15, 0.2) is 47.4 Å². The van der Waals surface area contributed by atoms with Gasteiger partial charge in [-0.2, -0.15) is 4.31 Å². The van der Waals surface area contributed by atoms with E-state index in [9.17, 15) is 8.42 Å². The molecule has 2 aromatic rings. The Morgan fingerprint density at radius 3 is 2.50 bits per heavy atom. The molecule has 3 rings (SSSR count). The van der Waals surface area contributed by atoms with Crippen LogP contribution in [0.5, 0.6) is 11.5 Å². The number of benzene rings is 2. The topological polar surface area (TPSA) is 65.1 Å². The monoisotopic (exact) mass is 397 g/mol. The van der Waals surface area contributed by atoms with Crippen LogP contribution in [0.25, 0.3) is 0 Å². The lowest BCUT2D eigenvalue weighted by Gasteiger charge is -2.32. The van der Waals surface area contributed by atoms with Crippen LogP contribution < -0.4 is 9.47 Å². The molecule has 1 aliphatic heterocycles. The van der Waals surface area contributed by atoms with Crippen molar-refractivity contribution in [2.75, 3.05) is 33.9 Å². The van der Waals surface area contributed by atoms with E-state index < -0.39 is 10.0 Å². The molecular formula is C18H20ClNO5S. The van der Waals surface area contributed by atoms with Crippen LogP contribution in [0.3, 0.4) is 0 Å². The van der Waals surface area contributed by atoms with E-state index in [1.807, 2.05) is 24.3 Å². The third-order valence-corrected chi connectivity index (χ3v) is 6.38. The highest BCUT2D eigenvalue weighted by Crippen LogP contribution is 2.32. The maximum Gasteiger partial charge on any atom is 0.246 e. The fraction of sp³-hybridized carbons (Fsp3) is 0.333. The number of sulfonamides is 1. The maximum absolute atomic E-state index is 13.1. The van der Waals surface area contributed by atoms with Gasteiger partial charge in [-0.1, -0.05) is 23.7 Å². The first-order valence-electron chi connectivity index (χ1n) is 8.05. The molecule has 2 aromatic carbocycles. The number of hydrogen-bond donors (Lipinski definition) is 0. The van der Waals surface area contributed by atoms with Crippen molar-refractivity contribution >= 4 is 21.6 Å². The third-order valence-electron chi connectivity index (χ3n) is 4.26. The van der Waals surface area contributed by atoms with Gasteiger partial charge in [-0.15, -0.1) is 0 Å². The highest BCUT2D eigenvalue weighted by Gasteiger charge is 2.33. The largest absolute Gasteiger partial charge is 0.497 e. The SMILES string of the molecule is COc1ccc(C2CN(S(=O)(=O)c3cc(Cl)ccc3OC)CCO2)cc1. The fourth-order valence-electron chi connectivity index (χ4n) is 2.86. The van der Waals surface area contributed by atoms with Crippen LogP contribution in [0.4, 0.5) is 0 Å². The Morgan fingerprint density at radius 1 is 1.12 bits per heavy atom. The number of rotatable bonds is 5. The zero-order valence-corrected chi connectivity index (χ0v) is 16.1. The van der Waals surface area contributed by atoms with Crippen LogP contribution in [0, 0.1) is 0 Å². The molecule has 1 fully saturated rings. The summed E-state index contributed by atoms with van der Waals surface area (Å²) in [6.45, 7) is 0.786. The molecule has 0 N–H and O–H groups in total. The summed E-state index contributed by atoms with van der Waals surface area (Å²) >= 11 is 6.00. The number of halogens is 1. The van der Waals surface area contributed by atoms with E-state index in [-0.39, 0.29) is 29.8 Å². The van der Waals surface area contributed by atoms with Crippen LogP contribution in [0.1, 0.15) is 11.7 Å². The quantitative estimate of drug-likeness (QED) is 0.775. The van der Waals surface area contributed by atoms with Gasteiger partial charge in [-0.3, -0.25) is 0 Å². The highest BCUT2D eigenvalue weighted by atomic mass is 35.5. The summed E-state index contributed by atoms with van der Waals surface area (Å²) in [6, 6.07) is 12.0. The maximum atomic E-state index is 13.1. The number of nitrogens with zero attached hydrogens (tertiary/aromatic N) is 1. The molecule has 8 heteroatoms. The van der Waals surface area contributed by atoms with Crippen molar-refractivity contribution in [3.05, 3.63) is 53.1 Å². The Bertz CT molecular complexity index is 870. The molecule has 0 amide bonds. The van der Waals surface area contributed by atoms with Crippen molar-refractivity contribution in [3.63, 3.8) is 0 Å². The minimum atomic E-state index is -3.76. The molecular weight excluding hydrogens is 378 g/mol. The molecule has 1 saturated heterocycles. The molecule has 0 aliphatic carbocycles. The van der Waals surface area contributed by atoms with E-state index in [0.717, 1.165) is 11.3 Å². The molecule has 0 saturated carbocycles. The zero-order valence-electron chi connectivity index (χ0n) is 14.5. The van der Waals surface area contributed by atoms with Gasteiger partial charge in [0.15, 0.2) is 0 Å². The van der Waals surface area contributed by atoms with E-state index in [1.165, 1.54) is 17.5 Å². The molecule has 0 spiro atoms. The van der Waals surface area contributed by atoms with Gasteiger partial charge >= 0.3 is 0 Å². The summed E-state index contributed by atoms with van der Waals surface area (Å²) in [4.78, 5) is 0.0582. The predicted molar refractivity (Wildman–Crippen MR) is 98.4 cm³/mol. The Morgan fingerprint density at radius 2 is 1.85 bits per heavy atom. The minimum Gasteiger partial charge on any atom is -0.497 e. The van der Waals surface area contributed by atoms with Gasteiger partial charge < -0.3 is 14.2 Å². The molecule has 1 unspecified atom stereocenters. The van der Waals surface area contributed by atoms with Crippen molar-refractivity contribution in [2.45, 2.75) is 11.0 Å². The van der Waals surface area contributed by atoms with Crippen molar-refractivity contribution in [1.82, 2.24) is 4.31 Å². The molecule has 140 valence electrons. The van der Waals surface area contributed by atoms with Gasteiger partial charge in [0.2, 0.25) is 10.0 Å². The molecule has 1 heterocycles. The van der Waals surface area contributed by atoms with Crippen molar-refractivity contribution in [3.8, 4) is 11.5 Å². The zero-order chi connectivity index (χ0) is 18.7. The number of methoxy groups -OCH3 is 2. The smallest absolute Gasteiger partial charge is 0.246 e. The molecule has 0 radical (unpaired) electrons. The van der Waals surface area contributed by atoms with Gasteiger partial charge in [-0.05, 0) is 35.9 Å². The second-order valence-electron chi connectivity index (χ2n) is 5.79. The summed E-state index contributed by atoms with van der Waals surface area (Å²) in [5, 5.41) is 0.337. The van der Waals surface area contributed by atoms with Crippen molar-refractivity contribution in [1.29, 1.82) is 0 Å². The summed E-state index contributed by atoms with van der Waals surface area (Å²) in [5.74, 6) is 1.000. The summed E-state index contributed by atoms with van der Waals surface area (Å²) in [7, 11) is -0.734. The summed E-state index contributed by atoms with van der Waals surface area (Å²) < 4.78 is 43.8. The van der Waals surface area contributed by atoms with Gasteiger partial charge in [0.1, 0.15) is 16.4 Å². The van der Waals surface area contributed by atoms with Gasteiger partial charge in [0, 0.05) is 18.1 Å². The lowest BCUT2D eigenvalue weighted by Crippen LogP contribution is -2.42. The third kappa shape index (κ3) is 3.81. The average Bonchev–Trinajstić information content (AvgIpc) is 2.68. The Labute approximate surface area is 158 Å². The van der Waals surface area contributed by atoms with E-state index in [0.29, 0.717) is 11.6 Å². The molecule has 1 atom stereocenters. The van der Waals surface area contributed by atoms with Crippen LogP contribution >= 0.6 is 11.6 Å². The van der Waals surface area contributed by atoms with Gasteiger partial charge in [0.25, 0.3) is 0 Å². The van der Waals surface area contributed by atoms with E-state index in [2.05, 4.69) is 0 Å². The number of morpholine rings is 1. The van der Waals surface area contributed by atoms with Gasteiger partial charge in [0.05, 0.1) is 26.9 Å². The molecule has 6 nitrogen and oxygen atoms in total. The summed E-state index contributed by atoms with van der Waals surface area (Å²) in [5.41, 5.74) is 0.892. The van der Waals surface area contributed by atoms with E-state index in [1.54, 1.807) is 19.2 Å².